The van der Waals surface area contributed by atoms with Crippen LogP contribution in [0.2, 0.25) is 0 Å². The summed E-state index contributed by atoms with van der Waals surface area (Å²) < 4.78 is 2.03. The van der Waals surface area contributed by atoms with Gasteiger partial charge in [0.2, 0.25) is 0 Å². The molecular weight excluding hydrogens is 236 g/mol. The zero-order valence-electron chi connectivity index (χ0n) is 12.6. The molecule has 4 heteroatoms. The van der Waals surface area contributed by atoms with Crippen molar-refractivity contribution < 1.29 is 0 Å². The molecule has 0 bridgehead atoms. The van der Waals surface area contributed by atoms with Gasteiger partial charge in [0.1, 0.15) is 0 Å². The second-order valence-corrected chi connectivity index (χ2v) is 6.03. The topological polar surface area (TPSA) is 47.1 Å². The lowest BCUT2D eigenvalue weighted by atomic mass is 9.95. The predicted octanol–water partition coefficient (Wildman–Crippen LogP) is 2.56. The highest BCUT2D eigenvalue weighted by Crippen LogP contribution is 2.35. The minimum Gasteiger partial charge on any atom is -0.329 e. The second-order valence-electron chi connectivity index (χ2n) is 6.03. The van der Waals surface area contributed by atoms with Crippen LogP contribution < -0.4 is 5.73 Å². The first-order chi connectivity index (χ1) is 9.11. The summed E-state index contributed by atoms with van der Waals surface area (Å²) in [4.78, 5) is 2.53. The third-order valence-corrected chi connectivity index (χ3v) is 4.51. The Bertz CT molecular complexity index is 391. The fraction of sp³-hybridized carbons (Fsp3) is 0.800. The van der Waals surface area contributed by atoms with Crippen molar-refractivity contribution in [1.29, 1.82) is 0 Å². The summed E-state index contributed by atoms with van der Waals surface area (Å²) >= 11 is 0. The summed E-state index contributed by atoms with van der Waals surface area (Å²) in [6.07, 6.45) is 7.18. The minimum atomic E-state index is 0.219. The van der Waals surface area contributed by atoms with Gasteiger partial charge in [0.15, 0.2) is 0 Å². The van der Waals surface area contributed by atoms with E-state index in [0.717, 1.165) is 25.3 Å². The molecule has 0 atom stereocenters. The molecule has 0 aromatic carbocycles. The monoisotopic (exact) mass is 264 g/mol. The number of hydrogen-bond acceptors (Lipinski definition) is 3. The summed E-state index contributed by atoms with van der Waals surface area (Å²) in [6, 6.07) is 2.57. The number of hydrogen-bond donors (Lipinski definition) is 1. The first-order valence-corrected chi connectivity index (χ1v) is 7.60. The molecule has 19 heavy (non-hydrogen) atoms. The molecule has 1 aliphatic rings. The van der Waals surface area contributed by atoms with Gasteiger partial charge in [-0.1, -0.05) is 19.8 Å². The molecule has 108 valence electrons. The highest BCUT2D eigenvalue weighted by Gasteiger charge is 2.37. The summed E-state index contributed by atoms with van der Waals surface area (Å²) in [5, 5.41) is 4.67. The van der Waals surface area contributed by atoms with Crippen molar-refractivity contribution in [3.05, 3.63) is 18.0 Å². The van der Waals surface area contributed by atoms with Gasteiger partial charge in [-0.2, -0.15) is 5.10 Å². The van der Waals surface area contributed by atoms with Gasteiger partial charge in [-0.05, 0) is 39.3 Å². The Kier molecular flexibility index (Phi) is 4.63. The Morgan fingerprint density at radius 2 is 2.11 bits per heavy atom. The van der Waals surface area contributed by atoms with Crippen LogP contribution in [0.1, 0.15) is 58.2 Å². The Morgan fingerprint density at radius 3 is 2.58 bits per heavy atom. The molecular formula is C15H28N4. The van der Waals surface area contributed by atoms with Crippen LogP contribution in [0.15, 0.2) is 12.3 Å². The first kappa shape index (κ1) is 14.5. The molecule has 1 aliphatic carbocycles. The number of rotatable bonds is 6. The summed E-state index contributed by atoms with van der Waals surface area (Å²) in [7, 11) is 0. The average Bonchev–Trinajstić information content (AvgIpc) is 3.05. The SMILES string of the molecule is CCN(Cc1ccn(C(C)C)n1)C1(CN)CCCC1. The van der Waals surface area contributed by atoms with Crippen LogP contribution in [-0.2, 0) is 6.54 Å². The van der Waals surface area contributed by atoms with Gasteiger partial charge in [-0.3, -0.25) is 9.58 Å². The van der Waals surface area contributed by atoms with Crippen molar-refractivity contribution >= 4 is 0 Å². The quantitative estimate of drug-likeness (QED) is 0.859. The fourth-order valence-electron chi connectivity index (χ4n) is 3.24. The van der Waals surface area contributed by atoms with Crippen molar-refractivity contribution in [3.8, 4) is 0 Å². The zero-order chi connectivity index (χ0) is 13.9. The van der Waals surface area contributed by atoms with Crippen LogP contribution in [0.5, 0.6) is 0 Å². The number of nitrogens with zero attached hydrogens (tertiary/aromatic N) is 3. The minimum absolute atomic E-state index is 0.219. The molecule has 0 spiro atoms. The molecule has 1 aromatic rings. The van der Waals surface area contributed by atoms with Gasteiger partial charge in [-0.15, -0.1) is 0 Å². The molecule has 4 nitrogen and oxygen atoms in total. The lowest BCUT2D eigenvalue weighted by molar-refractivity contribution is 0.0953. The van der Waals surface area contributed by atoms with Crippen LogP contribution in [0.4, 0.5) is 0 Å². The van der Waals surface area contributed by atoms with E-state index in [0.29, 0.717) is 6.04 Å². The molecule has 0 aliphatic heterocycles. The van der Waals surface area contributed by atoms with Gasteiger partial charge in [0, 0.05) is 30.9 Å². The summed E-state index contributed by atoms with van der Waals surface area (Å²) in [6.45, 7) is 9.29. The van der Waals surface area contributed by atoms with Crippen molar-refractivity contribution in [2.75, 3.05) is 13.1 Å². The van der Waals surface area contributed by atoms with Crippen molar-refractivity contribution in [3.63, 3.8) is 0 Å². The van der Waals surface area contributed by atoms with E-state index >= 15 is 0 Å². The largest absolute Gasteiger partial charge is 0.329 e. The summed E-state index contributed by atoms with van der Waals surface area (Å²) in [5.41, 5.74) is 7.47. The Balaban J connectivity index is 2.09. The lowest BCUT2D eigenvalue weighted by Gasteiger charge is -2.39. The van der Waals surface area contributed by atoms with Gasteiger partial charge < -0.3 is 5.73 Å². The Morgan fingerprint density at radius 1 is 1.42 bits per heavy atom. The maximum atomic E-state index is 6.09. The first-order valence-electron chi connectivity index (χ1n) is 7.60. The van der Waals surface area contributed by atoms with E-state index in [9.17, 15) is 0 Å². The maximum absolute atomic E-state index is 6.09. The van der Waals surface area contributed by atoms with Crippen LogP contribution in [0, 0.1) is 0 Å². The maximum Gasteiger partial charge on any atom is 0.0765 e. The van der Waals surface area contributed by atoms with Crippen LogP contribution in [0.3, 0.4) is 0 Å². The van der Waals surface area contributed by atoms with Crippen LogP contribution in [-0.4, -0.2) is 33.3 Å². The molecule has 1 saturated carbocycles. The van der Waals surface area contributed by atoms with Crippen molar-refractivity contribution in [2.24, 2.45) is 5.73 Å². The normalized spacial score (nSPS) is 18.6. The van der Waals surface area contributed by atoms with E-state index in [-0.39, 0.29) is 5.54 Å². The fourth-order valence-corrected chi connectivity index (χ4v) is 3.24. The number of likely N-dealkylation sites (N-methyl/N-ethyl adjacent to an activating group) is 1. The smallest absolute Gasteiger partial charge is 0.0765 e. The molecule has 0 unspecified atom stereocenters. The van der Waals surface area contributed by atoms with Crippen LogP contribution in [0.25, 0.3) is 0 Å². The highest BCUT2D eigenvalue weighted by molar-refractivity contribution is 5.03. The summed E-state index contributed by atoms with van der Waals surface area (Å²) in [5.74, 6) is 0. The van der Waals surface area contributed by atoms with E-state index in [1.807, 2.05) is 4.68 Å². The number of nitrogens with two attached hydrogens (primary N) is 1. The van der Waals surface area contributed by atoms with Gasteiger partial charge >= 0.3 is 0 Å². The molecule has 2 N–H and O–H groups in total. The van der Waals surface area contributed by atoms with E-state index < -0.39 is 0 Å². The predicted molar refractivity (Wildman–Crippen MR) is 78.9 cm³/mol. The van der Waals surface area contributed by atoms with Gasteiger partial charge in [-0.25, -0.2) is 0 Å². The van der Waals surface area contributed by atoms with Crippen molar-refractivity contribution in [2.45, 2.75) is 64.6 Å². The van der Waals surface area contributed by atoms with E-state index in [2.05, 4.69) is 43.0 Å². The third-order valence-electron chi connectivity index (χ3n) is 4.51. The average molecular weight is 264 g/mol. The zero-order valence-corrected chi connectivity index (χ0v) is 12.6. The van der Waals surface area contributed by atoms with E-state index in [4.69, 9.17) is 5.73 Å². The Labute approximate surface area is 117 Å². The molecule has 1 aromatic heterocycles. The third kappa shape index (κ3) is 3.00. The molecule has 0 saturated heterocycles. The number of aromatic nitrogens is 2. The molecule has 0 radical (unpaired) electrons. The van der Waals surface area contributed by atoms with Crippen LogP contribution >= 0.6 is 0 Å². The molecule has 1 fully saturated rings. The van der Waals surface area contributed by atoms with Gasteiger partial charge in [0.05, 0.1) is 5.69 Å². The van der Waals surface area contributed by atoms with E-state index in [1.54, 1.807) is 0 Å². The highest BCUT2D eigenvalue weighted by atomic mass is 15.3. The van der Waals surface area contributed by atoms with Crippen molar-refractivity contribution in [1.82, 2.24) is 14.7 Å². The van der Waals surface area contributed by atoms with Gasteiger partial charge in [0.25, 0.3) is 0 Å². The van der Waals surface area contributed by atoms with E-state index in [1.165, 1.54) is 25.7 Å². The lowest BCUT2D eigenvalue weighted by Crippen LogP contribution is -2.51. The Hall–Kier alpha value is -0.870. The molecule has 1 heterocycles. The molecule has 2 rings (SSSR count). The molecule has 0 amide bonds. The standard InChI is InChI=1S/C15H28N4/c1-4-18(15(12-16)8-5-6-9-15)11-14-7-10-19(17-14)13(2)3/h7,10,13H,4-6,8-9,11-12,16H2,1-3H3. The second kappa shape index (κ2) is 6.06.